The smallest absolute Gasteiger partial charge is 0.241 e. The Hall–Kier alpha value is -3.31. The largest absolute Gasteiger partial charge is 0.493 e. The molecule has 1 N–H and O–H groups in total. The summed E-state index contributed by atoms with van der Waals surface area (Å²) in [6.07, 6.45) is 3.66. The molecule has 0 saturated heterocycles. The number of amides is 1. The van der Waals surface area contributed by atoms with E-state index < -0.39 is 0 Å². The van der Waals surface area contributed by atoms with Gasteiger partial charge in [-0.1, -0.05) is 61.9 Å². The van der Waals surface area contributed by atoms with Gasteiger partial charge >= 0.3 is 0 Å². The highest BCUT2D eigenvalue weighted by molar-refractivity contribution is 5.83. The van der Waals surface area contributed by atoms with Crippen LogP contribution in [0.5, 0.6) is 11.5 Å². The quantitative estimate of drug-likeness (QED) is 0.341. The van der Waals surface area contributed by atoms with E-state index in [1.165, 1.54) is 27.8 Å². The fourth-order valence-electron chi connectivity index (χ4n) is 5.35. The zero-order valence-electron chi connectivity index (χ0n) is 22.8. The number of carbonyl (C=O) groups excluding carboxylic acids is 1. The standard InChI is InChI=1S/C32H40N2O3/c1-6-7-16-33-32(35)31(25-11-9-8-10-12-25)34-17-15-26-20-29(36-4)30(37-5)21-27(26)28(34)19-24-14-13-22(2)23(3)18-24/h8-14,18,20-21,28,31H,6-7,15-17,19H2,1-5H3,(H,33,35)/t28-,31+/m0/s1. The highest BCUT2D eigenvalue weighted by Crippen LogP contribution is 2.43. The van der Waals surface area contributed by atoms with E-state index in [9.17, 15) is 4.79 Å². The summed E-state index contributed by atoms with van der Waals surface area (Å²) in [4.78, 5) is 16.1. The average Bonchev–Trinajstić information content (AvgIpc) is 2.92. The number of aryl methyl sites for hydroxylation is 2. The Morgan fingerprint density at radius 3 is 2.41 bits per heavy atom. The van der Waals surface area contributed by atoms with Gasteiger partial charge in [0.2, 0.25) is 5.91 Å². The molecule has 0 fully saturated rings. The number of methoxy groups -OCH3 is 2. The summed E-state index contributed by atoms with van der Waals surface area (Å²) in [6, 6.07) is 20.7. The minimum Gasteiger partial charge on any atom is -0.493 e. The van der Waals surface area contributed by atoms with Gasteiger partial charge in [0.1, 0.15) is 6.04 Å². The lowest BCUT2D eigenvalue weighted by atomic mass is 9.85. The van der Waals surface area contributed by atoms with E-state index in [1.807, 2.05) is 18.2 Å². The van der Waals surface area contributed by atoms with Crippen LogP contribution < -0.4 is 14.8 Å². The van der Waals surface area contributed by atoms with E-state index in [2.05, 4.69) is 73.5 Å². The number of nitrogens with zero attached hydrogens (tertiary/aromatic N) is 1. The molecular formula is C32H40N2O3. The predicted molar refractivity (Wildman–Crippen MR) is 149 cm³/mol. The van der Waals surface area contributed by atoms with Crippen molar-refractivity contribution in [2.45, 2.75) is 58.5 Å². The van der Waals surface area contributed by atoms with Crippen molar-refractivity contribution in [3.05, 3.63) is 94.0 Å². The first-order chi connectivity index (χ1) is 18.0. The number of ether oxygens (including phenoxy) is 2. The summed E-state index contributed by atoms with van der Waals surface area (Å²) in [6.45, 7) is 7.91. The van der Waals surface area contributed by atoms with Gasteiger partial charge in [-0.3, -0.25) is 9.69 Å². The maximum Gasteiger partial charge on any atom is 0.241 e. The molecule has 1 amide bonds. The number of rotatable bonds is 10. The first kappa shape index (κ1) is 26.7. The Balaban J connectivity index is 1.81. The number of unbranched alkanes of at least 4 members (excludes halogenated alkanes) is 1. The summed E-state index contributed by atoms with van der Waals surface area (Å²) in [5, 5.41) is 3.22. The second-order valence-electron chi connectivity index (χ2n) is 9.99. The van der Waals surface area contributed by atoms with Gasteiger partial charge in [-0.05, 0) is 78.6 Å². The predicted octanol–water partition coefficient (Wildman–Crippen LogP) is 6.12. The molecule has 0 bridgehead atoms. The molecule has 1 heterocycles. The normalized spacial score (nSPS) is 16.1. The second kappa shape index (κ2) is 12.3. The Labute approximate surface area is 221 Å². The molecule has 196 valence electrons. The van der Waals surface area contributed by atoms with Crippen molar-refractivity contribution in [2.75, 3.05) is 27.3 Å². The van der Waals surface area contributed by atoms with Gasteiger partial charge in [0.15, 0.2) is 11.5 Å². The van der Waals surface area contributed by atoms with E-state index in [4.69, 9.17) is 9.47 Å². The van der Waals surface area contributed by atoms with Crippen LogP contribution in [-0.2, 0) is 17.6 Å². The monoisotopic (exact) mass is 500 g/mol. The second-order valence-corrected chi connectivity index (χ2v) is 9.99. The van der Waals surface area contributed by atoms with Crippen LogP contribution in [0.4, 0.5) is 0 Å². The maximum absolute atomic E-state index is 13.8. The molecule has 0 saturated carbocycles. The van der Waals surface area contributed by atoms with Crippen molar-refractivity contribution in [1.29, 1.82) is 0 Å². The molecule has 0 spiro atoms. The highest BCUT2D eigenvalue weighted by Gasteiger charge is 2.37. The molecule has 2 atom stereocenters. The molecular weight excluding hydrogens is 460 g/mol. The van der Waals surface area contributed by atoms with E-state index >= 15 is 0 Å². The third-order valence-corrected chi connectivity index (χ3v) is 7.57. The Morgan fingerprint density at radius 2 is 1.73 bits per heavy atom. The number of benzene rings is 3. The molecule has 1 aliphatic heterocycles. The van der Waals surface area contributed by atoms with Gasteiger partial charge in [-0.25, -0.2) is 0 Å². The van der Waals surface area contributed by atoms with Gasteiger partial charge in [0, 0.05) is 19.1 Å². The van der Waals surface area contributed by atoms with Gasteiger partial charge in [0.05, 0.1) is 14.2 Å². The van der Waals surface area contributed by atoms with Gasteiger partial charge in [-0.2, -0.15) is 0 Å². The molecule has 0 aromatic heterocycles. The molecule has 1 aliphatic rings. The first-order valence-electron chi connectivity index (χ1n) is 13.4. The Kier molecular flexibility index (Phi) is 8.88. The van der Waals surface area contributed by atoms with Crippen LogP contribution in [0, 0.1) is 13.8 Å². The molecule has 0 aliphatic carbocycles. The van der Waals surface area contributed by atoms with Crippen molar-refractivity contribution >= 4 is 5.91 Å². The third kappa shape index (κ3) is 5.99. The number of nitrogens with one attached hydrogen (secondary N) is 1. The SMILES string of the molecule is CCCCNC(=O)[C@@H](c1ccccc1)N1CCc2cc(OC)c(OC)cc2[C@@H]1Cc1ccc(C)c(C)c1. The molecule has 0 unspecified atom stereocenters. The third-order valence-electron chi connectivity index (χ3n) is 7.57. The van der Waals surface area contributed by atoms with Crippen LogP contribution >= 0.6 is 0 Å². The topological polar surface area (TPSA) is 50.8 Å². The molecule has 0 radical (unpaired) electrons. The van der Waals surface area contributed by atoms with Gasteiger partial charge in [-0.15, -0.1) is 0 Å². The fourth-order valence-corrected chi connectivity index (χ4v) is 5.35. The van der Waals surface area contributed by atoms with Crippen molar-refractivity contribution in [3.8, 4) is 11.5 Å². The van der Waals surface area contributed by atoms with E-state index in [-0.39, 0.29) is 18.0 Å². The lowest BCUT2D eigenvalue weighted by Gasteiger charge is -2.42. The zero-order chi connectivity index (χ0) is 26.4. The zero-order valence-corrected chi connectivity index (χ0v) is 22.8. The van der Waals surface area contributed by atoms with Crippen molar-refractivity contribution in [3.63, 3.8) is 0 Å². The summed E-state index contributed by atoms with van der Waals surface area (Å²) >= 11 is 0. The highest BCUT2D eigenvalue weighted by atomic mass is 16.5. The van der Waals surface area contributed by atoms with E-state index in [0.717, 1.165) is 49.3 Å². The lowest BCUT2D eigenvalue weighted by molar-refractivity contribution is -0.128. The molecule has 5 heteroatoms. The number of hydrogen-bond donors (Lipinski definition) is 1. The maximum atomic E-state index is 13.8. The number of carbonyl (C=O) groups is 1. The summed E-state index contributed by atoms with van der Waals surface area (Å²) < 4.78 is 11.3. The van der Waals surface area contributed by atoms with Gasteiger partial charge < -0.3 is 14.8 Å². The molecule has 4 rings (SSSR count). The Bertz CT molecular complexity index is 1210. The molecule has 3 aromatic rings. The first-order valence-corrected chi connectivity index (χ1v) is 13.4. The van der Waals surface area contributed by atoms with Gasteiger partial charge in [0.25, 0.3) is 0 Å². The van der Waals surface area contributed by atoms with Crippen LogP contribution in [-0.4, -0.2) is 38.1 Å². The number of fused-ring (bicyclic) bond motifs is 1. The molecule has 37 heavy (non-hydrogen) atoms. The average molecular weight is 501 g/mol. The van der Waals surface area contributed by atoms with Crippen LogP contribution in [0.15, 0.2) is 60.7 Å². The fraction of sp³-hybridized carbons (Fsp3) is 0.406. The summed E-state index contributed by atoms with van der Waals surface area (Å²) in [5.41, 5.74) is 7.30. The van der Waals surface area contributed by atoms with Crippen molar-refractivity contribution < 1.29 is 14.3 Å². The van der Waals surface area contributed by atoms with Crippen LogP contribution in [0.25, 0.3) is 0 Å². The van der Waals surface area contributed by atoms with Crippen LogP contribution in [0.1, 0.15) is 65.2 Å². The van der Waals surface area contributed by atoms with Crippen molar-refractivity contribution in [1.82, 2.24) is 10.2 Å². The van der Waals surface area contributed by atoms with Crippen LogP contribution in [0.2, 0.25) is 0 Å². The minimum absolute atomic E-state index is 0.00722. The number of hydrogen-bond acceptors (Lipinski definition) is 4. The summed E-state index contributed by atoms with van der Waals surface area (Å²) in [5.74, 6) is 1.53. The lowest BCUT2D eigenvalue weighted by Crippen LogP contribution is -2.46. The van der Waals surface area contributed by atoms with E-state index in [1.54, 1.807) is 14.2 Å². The minimum atomic E-state index is -0.379. The van der Waals surface area contributed by atoms with Crippen LogP contribution in [0.3, 0.4) is 0 Å². The Morgan fingerprint density at radius 1 is 1.00 bits per heavy atom. The van der Waals surface area contributed by atoms with E-state index in [0.29, 0.717) is 6.54 Å². The molecule has 5 nitrogen and oxygen atoms in total. The molecule has 3 aromatic carbocycles. The summed E-state index contributed by atoms with van der Waals surface area (Å²) in [7, 11) is 3.36. The van der Waals surface area contributed by atoms with Crippen molar-refractivity contribution in [2.24, 2.45) is 0 Å².